The van der Waals surface area contributed by atoms with E-state index in [4.69, 9.17) is 0 Å². The Balaban J connectivity index is 1.92. The number of pyridine rings is 2. The van der Waals surface area contributed by atoms with Crippen molar-refractivity contribution in [1.29, 1.82) is 0 Å². The van der Waals surface area contributed by atoms with Crippen molar-refractivity contribution in [2.45, 2.75) is 6.92 Å². The van der Waals surface area contributed by atoms with Crippen molar-refractivity contribution in [2.24, 2.45) is 0 Å². The molecule has 0 aliphatic heterocycles. The lowest BCUT2D eigenvalue weighted by molar-refractivity contribution is 1.10. The maximum Gasteiger partial charge on any atom is 0.155 e. The van der Waals surface area contributed by atoms with Gasteiger partial charge < -0.3 is 0 Å². The molecule has 3 aromatic heterocycles. The SMILES string of the molecule is Cc1cccc(-c2ncccc2-c2cnc3[nH]ncc3c2)c1. The highest BCUT2D eigenvalue weighted by Crippen LogP contribution is 2.31. The number of hydrogen-bond donors (Lipinski definition) is 1. The topological polar surface area (TPSA) is 54.5 Å². The van der Waals surface area contributed by atoms with Crippen LogP contribution in [-0.2, 0) is 0 Å². The lowest BCUT2D eigenvalue weighted by Crippen LogP contribution is -1.90. The Hall–Kier alpha value is -3.01. The van der Waals surface area contributed by atoms with E-state index >= 15 is 0 Å². The fourth-order valence-corrected chi connectivity index (χ4v) is 2.64. The summed E-state index contributed by atoms with van der Waals surface area (Å²) in [6.45, 7) is 2.09. The van der Waals surface area contributed by atoms with Gasteiger partial charge in [-0.05, 0) is 25.1 Å². The summed E-state index contributed by atoms with van der Waals surface area (Å²) in [4.78, 5) is 9.01. The van der Waals surface area contributed by atoms with Crippen molar-refractivity contribution in [3.05, 3.63) is 66.6 Å². The number of fused-ring (bicyclic) bond motifs is 1. The molecule has 0 bridgehead atoms. The van der Waals surface area contributed by atoms with Gasteiger partial charge in [0, 0.05) is 34.5 Å². The number of aryl methyl sites for hydroxylation is 1. The number of nitrogens with one attached hydrogen (secondary N) is 1. The molecule has 0 radical (unpaired) electrons. The molecular formula is C18H14N4. The smallest absolute Gasteiger partial charge is 0.155 e. The third kappa shape index (κ3) is 2.15. The fourth-order valence-electron chi connectivity index (χ4n) is 2.64. The van der Waals surface area contributed by atoms with Crippen molar-refractivity contribution < 1.29 is 0 Å². The van der Waals surface area contributed by atoms with E-state index in [-0.39, 0.29) is 0 Å². The maximum absolute atomic E-state index is 4.58. The van der Waals surface area contributed by atoms with Crippen LogP contribution in [0.25, 0.3) is 33.4 Å². The summed E-state index contributed by atoms with van der Waals surface area (Å²) in [6.07, 6.45) is 5.47. The number of aromatic amines is 1. The Bertz CT molecular complexity index is 956. The molecule has 106 valence electrons. The molecule has 0 atom stereocenters. The van der Waals surface area contributed by atoms with Gasteiger partial charge in [-0.3, -0.25) is 10.1 Å². The number of rotatable bonds is 2. The van der Waals surface area contributed by atoms with Gasteiger partial charge in [0.15, 0.2) is 5.65 Å². The second kappa shape index (κ2) is 5.07. The zero-order valence-electron chi connectivity index (χ0n) is 12.1. The zero-order valence-corrected chi connectivity index (χ0v) is 12.1. The molecule has 0 aliphatic rings. The van der Waals surface area contributed by atoms with Crippen molar-refractivity contribution in [3.63, 3.8) is 0 Å². The average molecular weight is 286 g/mol. The molecule has 0 aliphatic carbocycles. The van der Waals surface area contributed by atoms with E-state index in [9.17, 15) is 0 Å². The molecular weight excluding hydrogens is 272 g/mol. The van der Waals surface area contributed by atoms with Crippen LogP contribution in [0.15, 0.2) is 61.1 Å². The van der Waals surface area contributed by atoms with Crippen LogP contribution in [0.4, 0.5) is 0 Å². The first-order valence-corrected chi connectivity index (χ1v) is 7.13. The highest BCUT2D eigenvalue weighted by atomic mass is 15.1. The Kier molecular flexibility index (Phi) is 2.93. The van der Waals surface area contributed by atoms with Crippen molar-refractivity contribution in [2.75, 3.05) is 0 Å². The Morgan fingerprint density at radius 1 is 0.909 bits per heavy atom. The van der Waals surface area contributed by atoms with Gasteiger partial charge in [-0.25, -0.2) is 4.98 Å². The summed E-state index contributed by atoms with van der Waals surface area (Å²) >= 11 is 0. The third-order valence-corrected chi connectivity index (χ3v) is 3.70. The van der Waals surface area contributed by atoms with E-state index < -0.39 is 0 Å². The molecule has 3 heterocycles. The Labute approximate surface area is 127 Å². The largest absolute Gasteiger partial charge is 0.261 e. The highest BCUT2D eigenvalue weighted by molar-refractivity contribution is 5.86. The predicted octanol–water partition coefficient (Wildman–Crippen LogP) is 4.00. The first-order chi connectivity index (χ1) is 10.8. The summed E-state index contributed by atoms with van der Waals surface area (Å²) in [5.41, 5.74) is 6.21. The molecule has 4 nitrogen and oxygen atoms in total. The Morgan fingerprint density at radius 2 is 1.86 bits per heavy atom. The number of nitrogens with zero attached hydrogens (tertiary/aromatic N) is 3. The van der Waals surface area contributed by atoms with Gasteiger partial charge in [-0.2, -0.15) is 5.10 Å². The minimum absolute atomic E-state index is 0.796. The van der Waals surface area contributed by atoms with Crippen LogP contribution in [0, 0.1) is 6.92 Å². The van der Waals surface area contributed by atoms with Crippen LogP contribution in [0.2, 0.25) is 0 Å². The van der Waals surface area contributed by atoms with Gasteiger partial charge in [0.05, 0.1) is 11.9 Å². The predicted molar refractivity (Wildman–Crippen MR) is 87.3 cm³/mol. The van der Waals surface area contributed by atoms with E-state index in [1.165, 1.54) is 5.56 Å². The second-order valence-electron chi connectivity index (χ2n) is 5.30. The zero-order chi connectivity index (χ0) is 14.9. The molecule has 4 heteroatoms. The highest BCUT2D eigenvalue weighted by Gasteiger charge is 2.10. The minimum Gasteiger partial charge on any atom is -0.261 e. The molecule has 0 unspecified atom stereocenters. The molecule has 0 saturated heterocycles. The third-order valence-electron chi connectivity index (χ3n) is 3.70. The molecule has 0 amide bonds. The number of benzene rings is 1. The molecule has 0 saturated carbocycles. The van der Waals surface area contributed by atoms with E-state index in [0.29, 0.717) is 0 Å². The summed E-state index contributed by atoms with van der Waals surface area (Å²) in [5.74, 6) is 0. The van der Waals surface area contributed by atoms with Gasteiger partial charge in [0.25, 0.3) is 0 Å². The quantitative estimate of drug-likeness (QED) is 0.606. The maximum atomic E-state index is 4.58. The van der Waals surface area contributed by atoms with Crippen LogP contribution in [0.3, 0.4) is 0 Å². The van der Waals surface area contributed by atoms with E-state index in [0.717, 1.165) is 33.4 Å². The summed E-state index contributed by atoms with van der Waals surface area (Å²) < 4.78 is 0. The van der Waals surface area contributed by atoms with Crippen LogP contribution < -0.4 is 0 Å². The van der Waals surface area contributed by atoms with Crippen molar-refractivity contribution in [3.8, 4) is 22.4 Å². The first kappa shape index (κ1) is 12.7. The molecule has 4 aromatic rings. The van der Waals surface area contributed by atoms with Crippen molar-refractivity contribution >= 4 is 11.0 Å². The first-order valence-electron chi connectivity index (χ1n) is 7.13. The second-order valence-corrected chi connectivity index (χ2v) is 5.30. The number of hydrogen-bond acceptors (Lipinski definition) is 3. The lowest BCUT2D eigenvalue weighted by atomic mass is 9.99. The van der Waals surface area contributed by atoms with Gasteiger partial charge in [0.2, 0.25) is 0 Å². The molecule has 1 aromatic carbocycles. The van der Waals surface area contributed by atoms with E-state index in [1.54, 1.807) is 6.20 Å². The molecule has 4 rings (SSSR count). The normalized spacial score (nSPS) is 11.0. The van der Waals surface area contributed by atoms with E-state index in [2.05, 4.69) is 63.5 Å². The van der Waals surface area contributed by atoms with Crippen LogP contribution in [0.1, 0.15) is 5.56 Å². The number of aromatic nitrogens is 4. The van der Waals surface area contributed by atoms with Gasteiger partial charge in [-0.1, -0.05) is 29.8 Å². The van der Waals surface area contributed by atoms with Gasteiger partial charge in [0.1, 0.15) is 0 Å². The van der Waals surface area contributed by atoms with E-state index in [1.807, 2.05) is 18.5 Å². The van der Waals surface area contributed by atoms with Gasteiger partial charge in [-0.15, -0.1) is 0 Å². The Morgan fingerprint density at radius 3 is 2.77 bits per heavy atom. The average Bonchev–Trinajstić information content (AvgIpc) is 3.02. The van der Waals surface area contributed by atoms with Crippen molar-refractivity contribution in [1.82, 2.24) is 20.2 Å². The molecule has 0 fully saturated rings. The summed E-state index contributed by atoms with van der Waals surface area (Å²) in [6, 6.07) is 14.5. The molecule has 22 heavy (non-hydrogen) atoms. The summed E-state index contributed by atoms with van der Waals surface area (Å²) in [7, 11) is 0. The van der Waals surface area contributed by atoms with Crippen LogP contribution in [0.5, 0.6) is 0 Å². The van der Waals surface area contributed by atoms with Gasteiger partial charge >= 0.3 is 0 Å². The molecule has 1 N–H and O–H groups in total. The lowest BCUT2D eigenvalue weighted by Gasteiger charge is -2.09. The standard InChI is InChI=1S/C18H14N4/c1-12-4-2-5-13(8-12)17-16(6-3-7-19-17)14-9-15-11-21-22-18(15)20-10-14/h2-11H,1H3,(H,20,21,22). The summed E-state index contributed by atoms with van der Waals surface area (Å²) in [5, 5.41) is 7.90. The molecule has 0 spiro atoms. The fraction of sp³-hybridized carbons (Fsp3) is 0.0556. The monoisotopic (exact) mass is 286 g/mol. The number of H-pyrrole nitrogens is 1. The van der Waals surface area contributed by atoms with Crippen LogP contribution in [-0.4, -0.2) is 20.2 Å². The van der Waals surface area contributed by atoms with Crippen LogP contribution >= 0.6 is 0 Å². The minimum atomic E-state index is 0.796.